The van der Waals surface area contributed by atoms with Crippen LogP contribution in [0.4, 0.5) is 11.5 Å². The topological polar surface area (TPSA) is 156 Å². The average Bonchev–Trinajstić information content (AvgIpc) is 2.75. The second kappa shape index (κ2) is 5.52. The Kier molecular flexibility index (Phi) is 4.30. The summed E-state index contributed by atoms with van der Waals surface area (Å²) >= 11 is 0. The predicted octanol–water partition coefficient (Wildman–Crippen LogP) is -1.26. The first-order valence-electron chi connectivity index (χ1n) is 4.41. The summed E-state index contributed by atoms with van der Waals surface area (Å²) in [6.45, 7) is -0.820. The second-order valence-corrected chi connectivity index (χ2v) is 4.41. The van der Waals surface area contributed by atoms with E-state index in [0.29, 0.717) is 0 Å². The first-order valence-corrected chi connectivity index (χ1v) is 5.82. The Balaban J connectivity index is 2.60. The zero-order valence-electron chi connectivity index (χ0n) is 9.04. The van der Waals surface area contributed by atoms with Crippen LogP contribution in [0.15, 0.2) is 6.20 Å². The first-order chi connectivity index (χ1) is 8.35. The molecule has 0 atom stereocenters. The van der Waals surface area contributed by atoms with Crippen molar-refractivity contribution in [3.05, 3.63) is 16.3 Å². The van der Waals surface area contributed by atoms with Gasteiger partial charge in [-0.1, -0.05) is 0 Å². The highest BCUT2D eigenvalue weighted by Crippen LogP contribution is 2.19. The number of amides is 1. The quantitative estimate of drug-likeness (QED) is 0.433. The molecule has 0 bridgehead atoms. The number of aromatic nitrogens is 2. The minimum Gasteiger partial charge on any atom is -0.303 e. The van der Waals surface area contributed by atoms with Crippen molar-refractivity contribution in [2.45, 2.75) is 0 Å². The predicted molar refractivity (Wildman–Crippen MR) is 57.8 cm³/mol. The van der Waals surface area contributed by atoms with E-state index in [1.54, 1.807) is 0 Å². The average molecular weight is 279 g/mol. The Bertz CT molecular complexity index is 551. The molecule has 0 aliphatic heterocycles. The van der Waals surface area contributed by atoms with Gasteiger partial charge in [0, 0.05) is 7.05 Å². The van der Waals surface area contributed by atoms with E-state index in [4.69, 9.17) is 0 Å². The van der Waals surface area contributed by atoms with Crippen LogP contribution in [0.3, 0.4) is 0 Å². The number of aromatic amines is 1. The second-order valence-electron chi connectivity index (χ2n) is 2.86. The molecule has 18 heavy (non-hydrogen) atoms. The number of nitrogens with zero attached hydrogens (tertiary/aromatic N) is 2. The maximum Gasteiger partial charge on any atom is 0.336 e. The SMILES string of the molecule is CNS(=O)(=O)OCC(=O)Nc1[nH]ncc1[N+](=O)[O-]. The number of nitro groups is 1. The lowest BCUT2D eigenvalue weighted by Crippen LogP contribution is -2.27. The van der Waals surface area contributed by atoms with Crippen molar-refractivity contribution in [3.8, 4) is 0 Å². The Hall–Kier alpha value is -2.05. The van der Waals surface area contributed by atoms with E-state index in [-0.39, 0.29) is 5.82 Å². The highest BCUT2D eigenvalue weighted by molar-refractivity contribution is 7.84. The number of nitrogens with one attached hydrogen (secondary N) is 3. The van der Waals surface area contributed by atoms with Gasteiger partial charge in [0.1, 0.15) is 12.8 Å². The van der Waals surface area contributed by atoms with Gasteiger partial charge in [0.05, 0.1) is 4.92 Å². The monoisotopic (exact) mass is 279 g/mol. The van der Waals surface area contributed by atoms with Crippen molar-refractivity contribution in [2.24, 2.45) is 0 Å². The third-order valence-corrected chi connectivity index (χ3v) is 2.60. The van der Waals surface area contributed by atoms with E-state index in [0.717, 1.165) is 13.2 Å². The lowest BCUT2D eigenvalue weighted by molar-refractivity contribution is -0.383. The summed E-state index contributed by atoms with van der Waals surface area (Å²) in [6, 6.07) is 0. The molecule has 1 amide bonds. The van der Waals surface area contributed by atoms with E-state index in [1.165, 1.54) is 0 Å². The largest absolute Gasteiger partial charge is 0.336 e. The molecule has 0 spiro atoms. The highest BCUT2D eigenvalue weighted by atomic mass is 32.2. The molecule has 12 heteroatoms. The van der Waals surface area contributed by atoms with Crippen LogP contribution in [0.2, 0.25) is 0 Å². The molecule has 1 heterocycles. The molecular weight excluding hydrogens is 270 g/mol. The van der Waals surface area contributed by atoms with E-state index < -0.39 is 33.4 Å². The lowest BCUT2D eigenvalue weighted by Gasteiger charge is -2.03. The zero-order valence-corrected chi connectivity index (χ0v) is 9.85. The minimum absolute atomic E-state index is 0.254. The summed E-state index contributed by atoms with van der Waals surface area (Å²) in [5, 5.41) is 18.1. The number of anilines is 1. The van der Waals surface area contributed by atoms with E-state index in [2.05, 4.69) is 19.7 Å². The molecule has 0 aromatic carbocycles. The Morgan fingerprint density at radius 3 is 2.89 bits per heavy atom. The number of carbonyl (C=O) groups excluding carboxylic acids is 1. The van der Waals surface area contributed by atoms with Gasteiger partial charge in [-0.15, -0.1) is 0 Å². The number of carbonyl (C=O) groups is 1. The molecule has 0 unspecified atom stereocenters. The highest BCUT2D eigenvalue weighted by Gasteiger charge is 2.19. The molecule has 1 rings (SSSR count). The van der Waals surface area contributed by atoms with Gasteiger partial charge in [0.25, 0.3) is 5.91 Å². The molecule has 0 aliphatic rings. The van der Waals surface area contributed by atoms with Crippen LogP contribution in [0.5, 0.6) is 0 Å². The van der Waals surface area contributed by atoms with E-state index >= 15 is 0 Å². The molecule has 100 valence electrons. The Morgan fingerprint density at radius 1 is 1.67 bits per heavy atom. The van der Waals surface area contributed by atoms with Crippen molar-refractivity contribution >= 4 is 27.7 Å². The van der Waals surface area contributed by atoms with Crippen LogP contribution in [-0.2, 0) is 19.3 Å². The van der Waals surface area contributed by atoms with E-state index in [9.17, 15) is 23.3 Å². The summed E-state index contributed by atoms with van der Waals surface area (Å²) in [7, 11) is -2.89. The zero-order chi connectivity index (χ0) is 13.8. The molecular formula is C6H9N5O6S. The van der Waals surface area contributed by atoms with Gasteiger partial charge < -0.3 is 5.32 Å². The lowest BCUT2D eigenvalue weighted by atomic mass is 10.5. The van der Waals surface area contributed by atoms with Gasteiger partial charge in [-0.3, -0.25) is 20.0 Å². The number of hydrogen-bond acceptors (Lipinski definition) is 7. The van der Waals surface area contributed by atoms with Crippen molar-refractivity contribution in [2.75, 3.05) is 19.0 Å². The maximum atomic E-state index is 11.2. The molecule has 0 saturated carbocycles. The number of hydrogen-bond donors (Lipinski definition) is 3. The third-order valence-electron chi connectivity index (χ3n) is 1.68. The van der Waals surface area contributed by atoms with Gasteiger partial charge in [-0.2, -0.15) is 18.2 Å². The first kappa shape index (κ1) is 14.0. The van der Waals surface area contributed by atoms with Crippen LogP contribution < -0.4 is 10.0 Å². The summed E-state index contributed by atoms with van der Waals surface area (Å²) in [5.41, 5.74) is -0.445. The van der Waals surface area contributed by atoms with Crippen LogP contribution in [0, 0.1) is 10.1 Å². The minimum atomic E-state index is -3.99. The molecule has 1 aromatic rings. The summed E-state index contributed by atoms with van der Waals surface area (Å²) < 4.78 is 27.7. The number of H-pyrrole nitrogens is 1. The molecule has 0 fully saturated rings. The van der Waals surface area contributed by atoms with Crippen molar-refractivity contribution in [1.29, 1.82) is 0 Å². The van der Waals surface area contributed by atoms with Crippen molar-refractivity contribution in [1.82, 2.24) is 14.9 Å². The van der Waals surface area contributed by atoms with Crippen LogP contribution >= 0.6 is 0 Å². The van der Waals surface area contributed by atoms with Gasteiger partial charge in [-0.05, 0) is 0 Å². The van der Waals surface area contributed by atoms with Crippen molar-refractivity contribution in [3.63, 3.8) is 0 Å². The fourth-order valence-corrected chi connectivity index (χ4v) is 1.26. The van der Waals surface area contributed by atoms with Crippen molar-refractivity contribution < 1.29 is 22.3 Å². The molecule has 0 saturated heterocycles. The maximum absolute atomic E-state index is 11.2. The van der Waals surface area contributed by atoms with E-state index in [1.807, 2.05) is 4.72 Å². The van der Waals surface area contributed by atoms with Gasteiger partial charge in [0.2, 0.25) is 5.82 Å². The summed E-state index contributed by atoms with van der Waals surface area (Å²) in [5.74, 6) is -1.14. The summed E-state index contributed by atoms with van der Waals surface area (Å²) in [6.07, 6.45) is 0.904. The molecule has 1 aromatic heterocycles. The van der Waals surface area contributed by atoms with Crippen LogP contribution in [0.25, 0.3) is 0 Å². The fourth-order valence-electron chi connectivity index (χ4n) is 0.876. The smallest absolute Gasteiger partial charge is 0.303 e. The normalized spacial score (nSPS) is 11.2. The van der Waals surface area contributed by atoms with Gasteiger partial charge >= 0.3 is 16.0 Å². The molecule has 11 nitrogen and oxygen atoms in total. The summed E-state index contributed by atoms with van der Waals surface area (Å²) in [4.78, 5) is 21.0. The molecule has 3 N–H and O–H groups in total. The fraction of sp³-hybridized carbons (Fsp3) is 0.333. The van der Waals surface area contributed by atoms with Crippen LogP contribution in [0.1, 0.15) is 0 Å². The van der Waals surface area contributed by atoms with Gasteiger partial charge in [0.15, 0.2) is 0 Å². The Labute approximate surface area is 101 Å². The van der Waals surface area contributed by atoms with Gasteiger partial charge in [-0.25, -0.2) is 4.18 Å². The molecule has 0 aliphatic carbocycles. The third kappa shape index (κ3) is 3.76. The number of rotatable bonds is 6. The van der Waals surface area contributed by atoms with Crippen LogP contribution in [-0.4, -0.2) is 43.1 Å². The Morgan fingerprint density at radius 2 is 2.33 bits per heavy atom. The standard InChI is InChI=1S/C6H9N5O6S/c1-7-18(15,16)17-3-5(12)9-6-4(11(13)14)2-8-10-6/h2,7H,3H2,1H3,(H2,8,9,10,12). The molecule has 0 radical (unpaired) electrons.